The number of carboxylic acid groups (broad SMARTS) is 1. The lowest BCUT2D eigenvalue weighted by Gasteiger charge is -2.71. The summed E-state index contributed by atoms with van der Waals surface area (Å²) in [5, 5.41) is 187. The van der Waals surface area contributed by atoms with Crippen LogP contribution in [0.5, 0.6) is 0 Å². The Labute approximate surface area is 593 Å². The summed E-state index contributed by atoms with van der Waals surface area (Å²) in [6.07, 6.45) is -47.6. The highest BCUT2D eigenvalue weighted by Crippen LogP contribution is 2.76. The van der Waals surface area contributed by atoms with Crippen LogP contribution in [0.2, 0.25) is 0 Å². The highest BCUT2D eigenvalue weighted by Gasteiger charge is 2.74. The molecular formula is C68H106O35. The molecule has 17 N–H and O–H groups in total. The highest BCUT2D eigenvalue weighted by molar-refractivity contribution is 5.79. The Kier molecular flexibility index (Phi) is 23.8. The van der Waals surface area contributed by atoms with E-state index in [0.29, 0.717) is 25.7 Å². The van der Waals surface area contributed by atoms with Crippen LogP contribution in [-0.4, -0.2) is 328 Å². The van der Waals surface area contributed by atoms with Crippen LogP contribution in [0.3, 0.4) is 0 Å². The zero-order valence-electron chi connectivity index (χ0n) is 59.0. The smallest absolute Gasteiger partial charge is 0.315 e. The quantitative estimate of drug-likeness (QED) is 0.0265. The van der Waals surface area contributed by atoms with Gasteiger partial charge in [-0.05, 0) is 113 Å². The number of ether oxygens (including phenoxy) is 14. The summed E-state index contributed by atoms with van der Waals surface area (Å²) in [5.74, 6) is -5.60. The van der Waals surface area contributed by atoms with Crippen molar-refractivity contribution >= 4 is 23.9 Å². The molecule has 6 heterocycles. The maximum absolute atomic E-state index is 16.0. The number of hydrogen-bond donors (Lipinski definition) is 17. The molecular weight excluding hydrogens is 1380 g/mol. The Morgan fingerprint density at radius 1 is 0.495 bits per heavy atom. The van der Waals surface area contributed by atoms with Crippen LogP contribution in [0.1, 0.15) is 120 Å². The summed E-state index contributed by atoms with van der Waals surface area (Å²) in [6.45, 7) is 11.4. The van der Waals surface area contributed by atoms with Crippen molar-refractivity contribution in [3.05, 3.63) is 11.6 Å². The van der Waals surface area contributed by atoms with Crippen LogP contribution < -0.4 is 0 Å². The zero-order valence-corrected chi connectivity index (χ0v) is 59.0. The maximum atomic E-state index is 16.0. The molecule has 4 saturated carbocycles. The Hall–Kier alpha value is -3.46. The minimum absolute atomic E-state index is 0.00947. The summed E-state index contributed by atoms with van der Waals surface area (Å²) in [5.41, 5.74) is -5.65. The van der Waals surface area contributed by atoms with E-state index >= 15 is 4.79 Å². The number of rotatable bonds is 18. The Bertz CT molecular complexity index is 3030. The van der Waals surface area contributed by atoms with Gasteiger partial charge in [0.15, 0.2) is 49.8 Å². The van der Waals surface area contributed by atoms with Crippen molar-refractivity contribution in [1.82, 2.24) is 0 Å². The van der Waals surface area contributed by atoms with Crippen molar-refractivity contribution < 1.29 is 172 Å². The van der Waals surface area contributed by atoms with Gasteiger partial charge in [0.25, 0.3) is 0 Å². The van der Waals surface area contributed by atoms with Gasteiger partial charge < -0.3 is 153 Å². The summed E-state index contributed by atoms with van der Waals surface area (Å²) in [6, 6.07) is 0. The third kappa shape index (κ3) is 14.1. The second kappa shape index (κ2) is 30.4. The molecule has 35 nitrogen and oxygen atoms in total. The number of carboxylic acids is 1. The minimum Gasteiger partial charge on any atom is -0.481 e. The predicted molar refractivity (Wildman–Crippen MR) is 337 cm³/mol. The second-order valence-electron chi connectivity index (χ2n) is 32.0. The molecule has 0 spiro atoms. The molecule has 6 aliphatic heterocycles. The summed E-state index contributed by atoms with van der Waals surface area (Å²) >= 11 is 0. The van der Waals surface area contributed by atoms with Gasteiger partial charge in [-0.1, -0.05) is 39.3 Å². The summed E-state index contributed by atoms with van der Waals surface area (Å²) in [4.78, 5) is 55.9. The fraction of sp³-hybridized carbons (Fsp3) is 0.912. The van der Waals surface area contributed by atoms with Crippen molar-refractivity contribution in [2.45, 2.75) is 304 Å². The standard InChI is InChI=1S/C68H106O35/c1-25-49(99-56-48(86)51(100-55-44(82)38(76)32(75)22-90-55)35(23-91-56)98-58-45(83)41(79)39(77)33(20-69)96-58)43(81)47(85)57(92-25)101-53-52(95-28(4)73)50(94-27(3)72)26(2)93-60(53)103-62(89)67-15-14-63(5,6)18-30(67)29-10-11-36-64(7)19-31(74)54(102-59-46(84)42(80)40(78)34(21-70)97-59)66(9,61(87)88)37(64)12-13-65(36,8)68(29,24-71)17-16-67/h10,25-26,30-60,69-71,74-86H,11-24H2,1-9H3,(H,87,88)/t25-,26+,30-,31-,32+,33+,34+,35+,36+,37+,38-,39-,40+,41-,42-,43-,44+,45+,46+,47+,48+,49-,50-,51-,52-,53+,54-,55-,56-,57-,58-,59-,60-,64+,65+,66-,67-,68-/m0/s1. The number of carbonyl (C=O) groups is 4. The molecule has 0 radical (unpaired) electrons. The molecule has 0 amide bonds. The van der Waals surface area contributed by atoms with E-state index in [-0.39, 0.29) is 38.7 Å². The van der Waals surface area contributed by atoms with Crippen molar-refractivity contribution in [3.63, 3.8) is 0 Å². The maximum Gasteiger partial charge on any atom is 0.315 e. The van der Waals surface area contributed by atoms with E-state index in [0.717, 1.165) is 19.4 Å². The summed E-state index contributed by atoms with van der Waals surface area (Å²) in [7, 11) is 0. The Morgan fingerprint density at radius 2 is 1.02 bits per heavy atom. The van der Waals surface area contributed by atoms with E-state index in [1.165, 1.54) is 20.8 Å². The monoisotopic (exact) mass is 1480 g/mol. The predicted octanol–water partition coefficient (Wildman–Crippen LogP) is -4.90. The number of esters is 3. The largest absolute Gasteiger partial charge is 0.481 e. The first-order chi connectivity index (χ1) is 48.3. The van der Waals surface area contributed by atoms with Gasteiger partial charge in [-0.3, -0.25) is 19.2 Å². The molecule has 10 fully saturated rings. The molecule has 0 aromatic heterocycles. The molecule has 6 saturated heterocycles. The fourth-order valence-corrected chi connectivity index (χ4v) is 19.7. The van der Waals surface area contributed by atoms with Crippen LogP contribution in [-0.2, 0) is 85.5 Å². The molecule has 5 aliphatic carbocycles. The molecule has 11 aliphatic rings. The highest BCUT2D eigenvalue weighted by atomic mass is 16.8. The molecule has 0 bridgehead atoms. The van der Waals surface area contributed by atoms with E-state index in [9.17, 15) is 101 Å². The van der Waals surface area contributed by atoms with Crippen molar-refractivity contribution in [3.8, 4) is 0 Å². The number of carbonyl (C=O) groups excluding carboxylic acids is 3. The summed E-state index contributed by atoms with van der Waals surface area (Å²) < 4.78 is 84.0. The number of aliphatic hydroxyl groups excluding tert-OH is 16. The molecule has 35 heteroatoms. The van der Waals surface area contributed by atoms with E-state index in [4.69, 9.17) is 66.3 Å². The molecule has 0 unspecified atom stereocenters. The van der Waals surface area contributed by atoms with E-state index in [1.54, 1.807) is 0 Å². The lowest BCUT2D eigenvalue weighted by Crippen LogP contribution is -2.71. The van der Waals surface area contributed by atoms with Gasteiger partial charge in [-0.2, -0.15) is 0 Å². The van der Waals surface area contributed by atoms with Crippen molar-refractivity contribution in [2.75, 3.05) is 33.0 Å². The SMILES string of the molecule is CC(=O)O[C@H]1[C@@H](OC(C)=O)[C@@H](C)O[C@@H](OC(=O)[C@]23CCC(C)(C)C[C@H]2C2=CC[C@@H]4[C@@]5(C)C[C@H](O)[C@H](O[C@@H]6O[C@H](CO)[C@@H](O)[C@H](O)[C@H]6O)[C@@](C)(C(=O)O)[C@@H]5CC[C@@]4(C)[C@]2(CO)CC3)[C@@H]1O[C@@H]1O[C@@H](C)[C@H](O[C@@H]2OC[C@@H](O[C@@H]3O[C@H](CO)[C@H](O)[C@H](O)[C@H]3O)[C@H](O[C@@H]3OC[C@@H](O)[C@H](O)[C@H]3O)[C@H]2O)[C@@H](O)[C@H]1O. The molecule has 588 valence electrons. The van der Waals surface area contributed by atoms with E-state index in [1.807, 2.05) is 13.0 Å². The van der Waals surface area contributed by atoms with Gasteiger partial charge in [0, 0.05) is 19.3 Å². The second-order valence-corrected chi connectivity index (χ2v) is 32.0. The Balaban J connectivity index is 0.850. The first kappa shape index (κ1) is 80.6. The van der Waals surface area contributed by atoms with Crippen LogP contribution >= 0.6 is 0 Å². The molecule has 0 aromatic rings. The minimum atomic E-state index is -2.15. The lowest BCUT2D eigenvalue weighted by atomic mass is 9.33. The molecule has 0 aromatic carbocycles. The van der Waals surface area contributed by atoms with E-state index in [2.05, 4.69) is 20.8 Å². The lowest BCUT2D eigenvalue weighted by molar-refractivity contribution is -0.388. The van der Waals surface area contributed by atoms with Gasteiger partial charge in [0.1, 0.15) is 110 Å². The van der Waals surface area contributed by atoms with E-state index < -0.39 is 285 Å². The van der Waals surface area contributed by atoms with Crippen LogP contribution in [0.15, 0.2) is 11.6 Å². The molecule has 11 rings (SSSR count). The Morgan fingerprint density at radius 3 is 1.62 bits per heavy atom. The van der Waals surface area contributed by atoms with Gasteiger partial charge in [0.05, 0.1) is 62.2 Å². The topological polar surface area (TPSA) is 541 Å². The van der Waals surface area contributed by atoms with Gasteiger partial charge in [-0.25, -0.2) is 0 Å². The zero-order chi connectivity index (χ0) is 75.4. The van der Waals surface area contributed by atoms with Crippen molar-refractivity contribution in [2.24, 2.45) is 50.2 Å². The van der Waals surface area contributed by atoms with Gasteiger partial charge >= 0.3 is 23.9 Å². The fourth-order valence-electron chi connectivity index (χ4n) is 19.7. The van der Waals surface area contributed by atoms with Gasteiger partial charge in [0.2, 0.25) is 6.29 Å². The average Bonchev–Trinajstić information content (AvgIpc) is 0.668. The van der Waals surface area contributed by atoms with Crippen molar-refractivity contribution in [1.29, 1.82) is 0 Å². The first-order valence-electron chi connectivity index (χ1n) is 35.6. The number of fused-ring (bicyclic) bond motifs is 7. The van der Waals surface area contributed by atoms with Gasteiger partial charge in [-0.15, -0.1) is 0 Å². The first-order valence-corrected chi connectivity index (χ1v) is 35.6. The normalized spacial score (nSPS) is 52.0. The van der Waals surface area contributed by atoms with Crippen LogP contribution in [0.4, 0.5) is 0 Å². The average molecular weight is 1480 g/mol. The number of aliphatic carboxylic acids is 1. The third-order valence-corrected chi connectivity index (χ3v) is 25.4. The van der Waals surface area contributed by atoms with Crippen LogP contribution in [0.25, 0.3) is 0 Å². The molecule has 38 atom stereocenters. The number of allylic oxidation sites excluding steroid dienone is 1. The number of hydrogen-bond acceptors (Lipinski definition) is 34. The number of aliphatic hydroxyl groups is 16. The van der Waals surface area contributed by atoms with Crippen LogP contribution in [0, 0.1) is 50.2 Å². The molecule has 103 heavy (non-hydrogen) atoms. The third-order valence-electron chi connectivity index (χ3n) is 25.4.